The summed E-state index contributed by atoms with van der Waals surface area (Å²) in [5.74, 6) is 0.920. The van der Waals surface area contributed by atoms with Crippen molar-refractivity contribution in [3.8, 4) is 5.75 Å². The van der Waals surface area contributed by atoms with Crippen LogP contribution in [0.2, 0.25) is 0 Å². The van der Waals surface area contributed by atoms with Crippen LogP contribution in [0.5, 0.6) is 5.75 Å². The second kappa shape index (κ2) is 4.52. The van der Waals surface area contributed by atoms with Crippen LogP contribution in [-0.2, 0) is 9.73 Å². The van der Waals surface area contributed by atoms with E-state index in [4.69, 9.17) is 10.5 Å². The first-order valence-corrected chi connectivity index (χ1v) is 7.25. The monoisotopic (exact) mass is 258 g/mol. The van der Waals surface area contributed by atoms with Crippen molar-refractivity contribution in [3.05, 3.63) is 17.9 Å². The van der Waals surface area contributed by atoms with Gasteiger partial charge in [0.1, 0.15) is 11.5 Å². The van der Waals surface area contributed by atoms with Crippen molar-refractivity contribution in [3.63, 3.8) is 0 Å². The quantitative estimate of drug-likeness (QED) is 0.828. The van der Waals surface area contributed by atoms with Gasteiger partial charge in [-0.2, -0.15) is 4.36 Å². The second-order valence-corrected chi connectivity index (χ2v) is 6.57. The highest BCUT2D eigenvalue weighted by Gasteiger charge is 2.18. The highest BCUT2D eigenvalue weighted by molar-refractivity contribution is 7.93. The van der Waals surface area contributed by atoms with Gasteiger partial charge in [-0.25, -0.2) is 8.60 Å². The smallest absolute Gasteiger partial charge is 0.168 e. The molecule has 0 unspecified atom stereocenters. The predicted molar refractivity (Wildman–Crippen MR) is 66.6 cm³/mol. The maximum absolute atomic E-state index is 13.3. The minimum atomic E-state index is -2.25. The molecule has 0 aliphatic carbocycles. The van der Waals surface area contributed by atoms with Gasteiger partial charge >= 0.3 is 0 Å². The third kappa shape index (κ3) is 2.52. The summed E-state index contributed by atoms with van der Waals surface area (Å²) < 4.78 is 34.8. The molecule has 1 aromatic rings. The molecule has 0 saturated carbocycles. The van der Waals surface area contributed by atoms with Crippen LogP contribution < -0.4 is 10.5 Å². The van der Waals surface area contributed by atoms with Crippen LogP contribution in [0.1, 0.15) is 12.8 Å². The maximum Gasteiger partial charge on any atom is 0.168 e. The van der Waals surface area contributed by atoms with Gasteiger partial charge < -0.3 is 10.5 Å². The van der Waals surface area contributed by atoms with Crippen molar-refractivity contribution in [1.82, 2.24) is 0 Å². The van der Waals surface area contributed by atoms with Gasteiger partial charge in [0.25, 0.3) is 0 Å². The zero-order valence-electron chi connectivity index (χ0n) is 9.61. The molecule has 0 radical (unpaired) electrons. The Bertz CT molecular complexity index is 539. The lowest BCUT2D eigenvalue weighted by atomic mass is 10.2. The minimum Gasteiger partial charge on any atom is -0.492 e. The summed E-state index contributed by atoms with van der Waals surface area (Å²) in [6.45, 7) is 0. The van der Waals surface area contributed by atoms with E-state index >= 15 is 0 Å². The maximum atomic E-state index is 13.3. The van der Waals surface area contributed by atoms with Crippen molar-refractivity contribution in [1.29, 1.82) is 0 Å². The first-order chi connectivity index (χ1) is 8.04. The fourth-order valence-corrected chi connectivity index (χ4v) is 4.11. The number of nitrogens with two attached hydrogens (primary N) is 1. The van der Waals surface area contributed by atoms with Gasteiger partial charge in [0.05, 0.1) is 22.5 Å². The van der Waals surface area contributed by atoms with E-state index in [1.165, 1.54) is 19.2 Å². The molecular weight excluding hydrogens is 243 g/mol. The summed E-state index contributed by atoms with van der Waals surface area (Å²) in [5, 5.41) is 0. The molecule has 4 nitrogen and oxygen atoms in total. The highest BCUT2D eigenvalue weighted by atomic mass is 32.2. The average molecular weight is 258 g/mol. The molecule has 6 heteroatoms. The summed E-state index contributed by atoms with van der Waals surface area (Å²) in [6.07, 6.45) is 1.80. The Labute approximate surface area is 100 Å². The standard InChI is InChI=1S/C11H15FN2O2S/c1-16-11-9(13)6-8(12)7-10(11)14-17(15)4-2-3-5-17/h6-7H,2-5,13H2,1H3. The number of nitrogen functional groups attached to an aromatic ring is 1. The predicted octanol–water partition coefficient (Wildman–Crippen LogP) is 2.31. The Morgan fingerprint density at radius 1 is 1.41 bits per heavy atom. The number of hydrogen-bond donors (Lipinski definition) is 1. The highest BCUT2D eigenvalue weighted by Crippen LogP contribution is 2.36. The number of nitrogens with zero attached hydrogens (tertiary/aromatic N) is 1. The van der Waals surface area contributed by atoms with Crippen LogP contribution in [0.15, 0.2) is 16.5 Å². The topological polar surface area (TPSA) is 64.7 Å². The number of methoxy groups -OCH3 is 1. The number of benzene rings is 1. The van der Waals surface area contributed by atoms with Gasteiger partial charge in [-0.05, 0) is 12.8 Å². The number of halogens is 1. The summed E-state index contributed by atoms with van der Waals surface area (Å²) in [7, 11) is -0.816. The zero-order chi connectivity index (χ0) is 12.5. The molecule has 1 saturated heterocycles. The molecule has 1 aliphatic rings. The molecule has 1 heterocycles. The van der Waals surface area contributed by atoms with Crippen LogP contribution in [0.3, 0.4) is 0 Å². The second-order valence-electron chi connectivity index (χ2n) is 4.03. The van der Waals surface area contributed by atoms with Crippen molar-refractivity contribution in [2.24, 2.45) is 4.36 Å². The molecule has 0 spiro atoms. The van der Waals surface area contributed by atoms with Gasteiger partial charge in [0.15, 0.2) is 5.75 Å². The van der Waals surface area contributed by atoms with E-state index in [0.717, 1.165) is 12.8 Å². The van der Waals surface area contributed by atoms with Crippen LogP contribution >= 0.6 is 0 Å². The minimum absolute atomic E-state index is 0.173. The molecule has 2 N–H and O–H groups in total. The summed E-state index contributed by atoms with van der Waals surface area (Å²) >= 11 is 0. The van der Waals surface area contributed by atoms with Gasteiger partial charge in [0, 0.05) is 23.6 Å². The number of hydrogen-bond acceptors (Lipinski definition) is 4. The zero-order valence-corrected chi connectivity index (χ0v) is 10.4. The van der Waals surface area contributed by atoms with E-state index in [1.54, 1.807) is 0 Å². The van der Waals surface area contributed by atoms with Crippen molar-refractivity contribution < 1.29 is 13.3 Å². The first kappa shape index (κ1) is 12.2. The van der Waals surface area contributed by atoms with Crippen LogP contribution in [0.25, 0.3) is 0 Å². The number of ether oxygens (including phenoxy) is 1. The van der Waals surface area contributed by atoms with E-state index < -0.39 is 15.5 Å². The Morgan fingerprint density at radius 3 is 2.65 bits per heavy atom. The molecule has 0 amide bonds. The van der Waals surface area contributed by atoms with E-state index in [2.05, 4.69) is 4.36 Å². The summed E-state index contributed by atoms with van der Waals surface area (Å²) in [6, 6.07) is 2.37. The molecule has 1 aromatic carbocycles. The normalized spacial score (nSPS) is 18.0. The molecule has 17 heavy (non-hydrogen) atoms. The van der Waals surface area contributed by atoms with Crippen molar-refractivity contribution in [2.45, 2.75) is 12.8 Å². The summed E-state index contributed by atoms with van der Waals surface area (Å²) in [5.41, 5.74) is 6.05. The van der Waals surface area contributed by atoms with E-state index in [1.807, 2.05) is 0 Å². The lowest BCUT2D eigenvalue weighted by Gasteiger charge is -2.09. The average Bonchev–Trinajstić information content (AvgIpc) is 2.64. The van der Waals surface area contributed by atoms with Gasteiger partial charge in [-0.1, -0.05) is 0 Å². The molecule has 0 atom stereocenters. The van der Waals surface area contributed by atoms with Gasteiger partial charge in [-0.3, -0.25) is 0 Å². The molecule has 94 valence electrons. The lowest BCUT2D eigenvalue weighted by molar-refractivity contribution is 0.417. The van der Waals surface area contributed by atoms with Gasteiger partial charge in [-0.15, -0.1) is 0 Å². The number of anilines is 1. The van der Waals surface area contributed by atoms with Gasteiger partial charge in [0.2, 0.25) is 0 Å². The Balaban J connectivity index is 2.55. The first-order valence-electron chi connectivity index (χ1n) is 5.39. The molecule has 0 bridgehead atoms. The van der Waals surface area contributed by atoms with E-state index in [-0.39, 0.29) is 11.4 Å². The molecule has 2 rings (SSSR count). The van der Waals surface area contributed by atoms with Crippen LogP contribution in [-0.4, -0.2) is 22.8 Å². The van der Waals surface area contributed by atoms with Crippen LogP contribution in [0, 0.1) is 5.82 Å². The largest absolute Gasteiger partial charge is 0.492 e. The fourth-order valence-electron chi connectivity index (χ4n) is 1.92. The number of rotatable bonds is 2. The van der Waals surface area contributed by atoms with Crippen molar-refractivity contribution >= 4 is 21.1 Å². The molecule has 1 aliphatic heterocycles. The molecule has 1 fully saturated rings. The van der Waals surface area contributed by atoms with E-state index in [0.29, 0.717) is 17.3 Å². The molecule has 0 aromatic heterocycles. The Kier molecular flexibility index (Phi) is 3.24. The third-order valence-corrected chi connectivity index (χ3v) is 5.09. The lowest BCUT2D eigenvalue weighted by Crippen LogP contribution is -2.01. The Morgan fingerprint density at radius 2 is 2.06 bits per heavy atom. The SMILES string of the molecule is COc1c(N)cc(F)cc1N=S1(=O)CCCC1. The van der Waals surface area contributed by atoms with E-state index in [9.17, 15) is 8.60 Å². The fraction of sp³-hybridized carbons (Fsp3) is 0.455. The van der Waals surface area contributed by atoms with Crippen molar-refractivity contribution in [2.75, 3.05) is 24.3 Å². The Hall–Kier alpha value is -1.30. The van der Waals surface area contributed by atoms with Crippen LogP contribution in [0.4, 0.5) is 15.8 Å². The summed E-state index contributed by atoms with van der Waals surface area (Å²) in [4.78, 5) is 0. The molecular formula is C11H15FN2O2S. The third-order valence-electron chi connectivity index (χ3n) is 2.71.